The molecule has 6 nitrogen and oxygen atoms in total. The molecule has 1 N–H and O–H groups in total. The van der Waals surface area contributed by atoms with E-state index in [2.05, 4.69) is 15.5 Å². The molecule has 0 fully saturated rings. The van der Waals surface area contributed by atoms with E-state index in [9.17, 15) is 18.0 Å². The third-order valence-corrected chi connectivity index (χ3v) is 4.29. The molecule has 1 unspecified atom stereocenters. The maximum Gasteiger partial charge on any atom is 0.416 e. The Morgan fingerprint density at radius 1 is 1.38 bits per heavy atom. The van der Waals surface area contributed by atoms with E-state index >= 15 is 0 Å². The molecule has 0 bridgehead atoms. The van der Waals surface area contributed by atoms with E-state index in [1.165, 1.54) is 6.07 Å². The molecule has 1 aliphatic rings. The Morgan fingerprint density at radius 2 is 2.19 bits per heavy atom. The summed E-state index contributed by atoms with van der Waals surface area (Å²) in [4.78, 5) is 12.5. The highest BCUT2D eigenvalue weighted by Gasteiger charge is 2.34. The monoisotopic (exact) mass is 368 g/mol. The highest BCUT2D eigenvalue weighted by molar-refractivity contribution is 5.81. The van der Waals surface area contributed by atoms with E-state index in [-0.39, 0.29) is 17.3 Å². The molecule has 1 aromatic carbocycles. The van der Waals surface area contributed by atoms with Crippen LogP contribution in [0.25, 0.3) is 11.4 Å². The number of benzene rings is 1. The van der Waals surface area contributed by atoms with Crippen molar-refractivity contribution in [2.24, 2.45) is 0 Å². The summed E-state index contributed by atoms with van der Waals surface area (Å²) in [5, 5.41) is 10.9. The average molecular weight is 368 g/mol. The van der Waals surface area contributed by atoms with Crippen molar-refractivity contribution in [3.05, 3.63) is 35.7 Å². The number of methoxy groups -OCH3 is 1. The van der Waals surface area contributed by atoms with E-state index in [4.69, 9.17) is 4.74 Å². The van der Waals surface area contributed by atoms with Crippen LogP contribution in [0.2, 0.25) is 0 Å². The first-order valence-electron chi connectivity index (χ1n) is 8.30. The molecule has 9 heteroatoms. The van der Waals surface area contributed by atoms with Crippen LogP contribution >= 0.6 is 0 Å². The molecule has 0 radical (unpaired) electrons. The number of carbonyl (C=O) groups excluding carboxylic acids is 1. The van der Waals surface area contributed by atoms with E-state index < -0.39 is 17.8 Å². The van der Waals surface area contributed by atoms with E-state index in [0.717, 1.165) is 12.1 Å². The Bertz CT molecular complexity index is 789. The number of nitrogens with one attached hydrogen (secondary N) is 1. The third kappa shape index (κ3) is 3.72. The SMILES string of the molecule is COCCCNC(=O)C1CCc2nnc(-c3cccc(C(F)(F)F)c3)n21. The Balaban J connectivity index is 1.84. The largest absolute Gasteiger partial charge is 0.416 e. The lowest BCUT2D eigenvalue weighted by Crippen LogP contribution is -2.32. The molecule has 1 aliphatic heterocycles. The minimum Gasteiger partial charge on any atom is -0.385 e. The van der Waals surface area contributed by atoms with Gasteiger partial charge in [0.1, 0.15) is 11.9 Å². The number of hydrogen-bond donors (Lipinski definition) is 1. The number of alkyl halides is 3. The van der Waals surface area contributed by atoms with Crippen molar-refractivity contribution in [3.8, 4) is 11.4 Å². The summed E-state index contributed by atoms with van der Waals surface area (Å²) in [6.45, 7) is 1.01. The Labute approximate surface area is 148 Å². The van der Waals surface area contributed by atoms with Crippen LogP contribution in [0.3, 0.4) is 0 Å². The fourth-order valence-corrected chi connectivity index (χ4v) is 3.04. The second-order valence-electron chi connectivity index (χ2n) is 6.08. The van der Waals surface area contributed by atoms with Crippen molar-refractivity contribution >= 4 is 5.91 Å². The van der Waals surface area contributed by atoms with Crippen LogP contribution in [0.5, 0.6) is 0 Å². The zero-order valence-corrected chi connectivity index (χ0v) is 14.2. The quantitative estimate of drug-likeness (QED) is 0.796. The molecule has 0 saturated carbocycles. The number of nitrogens with zero attached hydrogens (tertiary/aromatic N) is 3. The van der Waals surface area contributed by atoms with Gasteiger partial charge >= 0.3 is 6.18 Å². The lowest BCUT2D eigenvalue weighted by Gasteiger charge is -2.16. The van der Waals surface area contributed by atoms with Gasteiger partial charge in [-0.2, -0.15) is 13.2 Å². The number of halogens is 3. The molecule has 1 amide bonds. The second kappa shape index (κ2) is 7.45. The van der Waals surface area contributed by atoms with Gasteiger partial charge < -0.3 is 10.1 Å². The molecule has 0 spiro atoms. The number of ether oxygens (including phenoxy) is 1. The van der Waals surface area contributed by atoms with Gasteiger partial charge in [-0.15, -0.1) is 10.2 Å². The van der Waals surface area contributed by atoms with Gasteiger partial charge in [0.25, 0.3) is 0 Å². The second-order valence-corrected chi connectivity index (χ2v) is 6.08. The molecule has 140 valence electrons. The van der Waals surface area contributed by atoms with E-state index in [1.54, 1.807) is 17.7 Å². The first kappa shape index (κ1) is 18.4. The van der Waals surface area contributed by atoms with E-state index in [0.29, 0.717) is 38.2 Å². The number of aromatic nitrogens is 3. The molecule has 26 heavy (non-hydrogen) atoms. The summed E-state index contributed by atoms with van der Waals surface area (Å²) < 4.78 is 45.5. The summed E-state index contributed by atoms with van der Waals surface area (Å²) in [5.74, 6) is 0.697. The highest BCUT2D eigenvalue weighted by atomic mass is 19.4. The maximum atomic E-state index is 13.0. The smallest absolute Gasteiger partial charge is 0.385 e. The zero-order chi connectivity index (χ0) is 18.7. The van der Waals surface area contributed by atoms with Gasteiger partial charge in [-0.1, -0.05) is 12.1 Å². The normalized spacial score (nSPS) is 16.5. The van der Waals surface area contributed by atoms with Crippen molar-refractivity contribution in [1.82, 2.24) is 20.1 Å². The summed E-state index contributed by atoms with van der Waals surface area (Å²) in [6.07, 6.45) is -2.65. The standard InChI is InChI=1S/C17H19F3N4O2/c1-26-9-3-8-21-16(25)13-6-7-14-22-23-15(24(13)14)11-4-2-5-12(10-11)17(18,19)20/h2,4-5,10,13H,3,6-9H2,1H3,(H,21,25). The fourth-order valence-electron chi connectivity index (χ4n) is 3.04. The lowest BCUT2D eigenvalue weighted by molar-refractivity contribution is -0.137. The molecule has 2 aromatic rings. The first-order valence-corrected chi connectivity index (χ1v) is 8.30. The van der Waals surface area contributed by atoms with Crippen LogP contribution < -0.4 is 5.32 Å². The molecular formula is C17H19F3N4O2. The van der Waals surface area contributed by atoms with Gasteiger partial charge in [0.05, 0.1) is 5.56 Å². The predicted molar refractivity (Wildman–Crippen MR) is 87.3 cm³/mol. The van der Waals surface area contributed by atoms with Gasteiger partial charge in [0.15, 0.2) is 5.82 Å². The van der Waals surface area contributed by atoms with Crippen LogP contribution in [0.1, 0.15) is 30.3 Å². The molecular weight excluding hydrogens is 349 g/mol. The number of hydrogen-bond acceptors (Lipinski definition) is 4. The summed E-state index contributed by atoms with van der Waals surface area (Å²) in [6, 6.07) is 4.38. The fraction of sp³-hybridized carbons (Fsp3) is 0.471. The maximum absolute atomic E-state index is 13.0. The van der Waals surface area contributed by atoms with Crippen LogP contribution in [-0.2, 0) is 22.1 Å². The number of amides is 1. The molecule has 2 heterocycles. The van der Waals surface area contributed by atoms with Crippen LogP contribution in [0.4, 0.5) is 13.2 Å². The van der Waals surface area contributed by atoms with Gasteiger partial charge in [-0.3, -0.25) is 9.36 Å². The van der Waals surface area contributed by atoms with Crippen molar-refractivity contribution < 1.29 is 22.7 Å². The van der Waals surface area contributed by atoms with Crippen molar-refractivity contribution in [3.63, 3.8) is 0 Å². The first-order chi connectivity index (χ1) is 12.4. The Hall–Kier alpha value is -2.42. The number of aryl methyl sites for hydroxylation is 1. The minimum absolute atomic E-state index is 0.187. The molecule has 1 aromatic heterocycles. The molecule has 0 aliphatic carbocycles. The Kier molecular flexibility index (Phi) is 5.26. The summed E-state index contributed by atoms with van der Waals surface area (Å²) in [7, 11) is 1.59. The zero-order valence-electron chi connectivity index (χ0n) is 14.2. The van der Waals surface area contributed by atoms with E-state index in [1.807, 2.05) is 0 Å². The molecule has 0 saturated heterocycles. The van der Waals surface area contributed by atoms with Crippen molar-refractivity contribution in [2.45, 2.75) is 31.5 Å². The van der Waals surface area contributed by atoms with Gasteiger partial charge in [-0.05, 0) is 25.0 Å². The van der Waals surface area contributed by atoms with Gasteiger partial charge in [-0.25, -0.2) is 0 Å². The van der Waals surface area contributed by atoms with Crippen LogP contribution in [0.15, 0.2) is 24.3 Å². The van der Waals surface area contributed by atoms with Gasteiger partial charge in [0.2, 0.25) is 5.91 Å². The van der Waals surface area contributed by atoms with Gasteiger partial charge in [0, 0.05) is 32.2 Å². The minimum atomic E-state index is -4.44. The number of carbonyl (C=O) groups is 1. The highest BCUT2D eigenvalue weighted by Crippen LogP contribution is 2.34. The number of rotatable bonds is 6. The summed E-state index contributed by atoms with van der Waals surface area (Å²) in [5.41, 5.74) is -0.469. The Morgan fingerprint density at radius 3 is 2.92 bits per heavy atom. The van der Waals surface area contributed by atoms with Crippen molar-refractivity contribution in [2.75, 3.05) is 20.3 Å². The third-order valence-electron chi connectivity index (χ3n) is 4.29. The lowest BCUT2D eigenvalue weighted by atomic mass is 10.1. The number of fused-ring (bicyclic) bond motifs is 1. The molecule has 1 atom stereocenters. The predicted octanol–water partition coefficient (Wildman–Crippen LogP) is 2.60. The van der Waals surface area contributed by atoms with Crippen molar-refractivity contribution in [1.29, 1.82) is 0 Å². The van der Waals surface area contributed by atoms with Crippen LogP contribution in [0, 0.1) is 0 Å². The summed E-state index contributed by atoms with van der Waals surface area (Å²) >= 11 is 0. The van der Waals surface area contributed by atoms with Crippen LogP contribution in [-0.4, -0.2) is 40.9 Å². The molecule has 3 rings (SSSR count). The topological polar surface area (TPSA) is 69.0 Å². The average Bonchev–Trinajstić information content (AvgIpc) is 3.20.